The van der Waals surface area contributed by atoms with Crippen molar-refractivity contribution in [3.05, 3.63) is 67.4 Å². The highest BCUT2D eigenvalue weighted by Gasteiger charge is 2.13. The number of nitrogens with one attached hydrogen (secondary N) is 1. The lowest BCUT2D eigenvalue weighted by Gasteiger charge is -2.17. The lowest BCUT2D eigenvalue weighted by atomic mass is 10.2. The van der Waals surface area contributed by atoms with Crippen LogP contribution in [0.5, 0.6) is 0 Å². The predicted molar refractivity (Wildman–Crippen MR) is 89.6 cm³/mol. The number of aromatic nitrogens is 2. The summed E-state index contributed by atoms with van der Waals surface area (Å²) < 4.78 is 1.07. The molecule has 118 valence electrons. The molecule has 0 aliphatic heterocycles. The van der Waals surface area contributed by atoms with Gasteiger partial charge in [-0.05, 0) is 34.5 Å². The average Bonchev–Trinajstić information content (AvgIpc) is 3.05. The third-order valence-corrected chi connectivity index (χ3v) is 4.33. The van der Waals surface area contributed by atoms with Crippen LogP contribution in [0.2, 0.25) is 0 Å². The van der Waals surface area contributed by atoms with Gasteiger partial charge in [-0.3, -0.25) is 19.5 Å². The van der Waals surface area contributed by atoms with E-state index in [4.69, 9.17) is 0 Å². The van der Waals surface area contributed by atoms with Crippen molar-refractivity contribution in [1.29, 1.82) is 0 Å². The number of carbonyl (C=O) groups excluding carboxylic acids is 1. The van der Waals surface area contributed by atoms with Crippen LogP contribution in [0.1, 0.15) is 5.56 Å². The average molecular weight is 329 g/mol. The first kappa shape index (κ1) is 15.2. The van der Waals surface area contributed by atoms with E-state index in [1.165, 1.54) is 4.90 Å². The lowest BCUT2D eigenvalue weighted by molar-refractivity contribution is -0.131. The summed E-state index contributed by atoms with van der Waals surface area (Å²) in [6, 6.07) is 8.51. The Hall–Kier alpha value is -2.67. The van der Waals surface area contributed by atoms with E-state index in [2.05, 4.69) is 5.10 Å². The van der Waals surface area contributed by atoms with Crippen molar-refractivity contribution in [1.82, 2.24) is 14.7 Å². The summed E-state index contributed by atoms with van der Waals surface area (Å²) in [5.74, 6) is -0.246. The van der Waals surface area contributed by atoms with E-state index in [1.54, 1.807) is 42.6 Å². The Bertz CT molecular complexity index is 957. The fourth-order valence-corrected chi connectivity index (χ4v) is 3.02. The van der Waals surface area contributed by atoms with Gasteiger partial charge in [0.1, 0.15) is 6.54 Å². The molecule has 2 heterocycles. The highest BCUT2D eigenvalue weighted by Crippen LogP contribution is 2.08. The SMILES string of the molecule is CN(Cc1ccsc1)C(=O)Cn1[nH]c(=O)c2ccccc2c1=O. The lowest BCUT2D eigenvalue weighted by Crippen LogP contribution is -2.37. The number of amides is 1. The molecule has 0 unspecified atom stereocenters. The summed E-state index contributed by atoms with van der Waals surface area (Å²) in [6.07, 6.45) is 0. The minimum Gasteiger partial charge on any atom is -0.340 e. The molecule has 1 aromatic carbocycles. The molecule has 0 radical (unpaired) electrons. The van der Waals surface area contributed by atoms with Crippen molar-refractivity contribution in [2.75, 3.05) is 7.05 Å². The highest BCUT2D eigenvalue weighted by molar-refractivity contribution is 7.07. The minimum absolute atomic E-state index is 0.195. The first-order valence-electron chi connectivity index (χ1n) is 7.03. The van der Waals surface area contributed by atoms with Gasteiger partial charge in [0.05, 0.1) is 10.8 Å². The van der Waals surface area contributed by atoms with E-state index >= 15 is 0 Å². The van der Waals surface area contributed by atoms with Crippen LogP contribution in [0.3, 0.4) is 0 Å². The second-order valence-electron chi connectivity index (χ2n) is 5.26. The van der Waals surface area contributed by atoms with Crippen molar-refractivity contribution in [3.8, 4) is 0 Å². The number of hydrogen-bond donors (Lipinski definition) is 1. The Labute approximate surface area is 135 Å². The summed E-state index contributed by atoms with van der Waals surface area (Å²) in [4.78, 5) is 38.2. The molecule has 2 aromatic heterocycles. The summed E-state index contributed by atoms with van der Waals surface area (Å²) >= 11 is 1.56. The monoisotopic (exact) mass is 329 g/mol. The van der Waals surface area contributed by atoms with Gasteiger partial charge in [-0.25, -0.2) is 4.68 Å². The van der Waals surface area contributed by atoms with Crippen molar-refractivity contribution in [3.63, 3.8) is 0 Å². The maximum atomic E-state index is 12.4. The van der Waals surface area contributed by atoms with Crippen LogP contribution in [0, 0.1) is 0 Å². The topological polar surface area (TPSA) is 75.2 Å². The van der Waals surface area contributed by atoms with Gasteiger partial charge in [0.25, 0.3) is 11.1 Å². The summed E-state index contributed by atoms with van der Waals surface area (Å²) in [7, 11) is 1.67. The maximum absolute atomic E-state index is 12.4. The van der Waals surface area contributed by atoms with Gasteiger partial charge in [-0.2, -0.15) is 11.3 Å². The van der Waals surface area contributed by atoms with Crippen LogP contribution >= 0.6 is 11.3 Å². The highest BCUT2D eigenvalue weighted by atomic mass is 32.1. The van der Waals surface area contributed by atoms with E-state index in [-0.39, 0.29) is 23.6 Å². The standard InChI is InChI=1S/C16H15N3O3S/c1-18(8-11-6-7-23-10-11)14(20)9-19-16(22)13-5-3-2-4-12(13)15(21)17-19/h2-7,10H,8-9H2,1H3,(H,17,21). The smallest absolute Gasteiger partial charge is 0.273 e. The molecule has 0 aliphatic rings. The van der Waals surface area contributed by atoms with Gasteiger partial charge in [0, 0.05) is 13.6 Å². The number of rotatable bonds is 4. The Morgan fingerprint density at radius 2 is 1.96 bits per heavy atom. The zero-order chi connectivity index (χ0) is 16.4. The summed E-state index contributed by atoms with van der Waals surface area (Å²) in [6.45, 7) is 0.272. The third kappa shape index (κ3) is 3.09. The zero-order valence-electron chi connectivity index (χ0n) is 12.5. The van der Waals surface area contributed by atoms with E-state index < -0.39 is 0 Å². The van der Waals surface area contributed by atoms with Gasteiger partial charge < -0.3 is 4.90 Å². The van der Waals surface area contributed by atoms with Gasteiger partial charge >= 0.3 is 0 Å². The molecular weight excluding hydrogens is 314 g/mol. The van der Waals surface area contributed by atoms with Crippen LogP contribution < -0.4 is 11.1 Å². The van der Waals surface area contributed by atoms with Gasteiger partial charge in [-0.15, -0.1) is 0 Å². The van der Waals surface area contributed by atoms with Crippen molar-refractivity contribution in [2.45, 2.75) is 13.1 Å². The first-order chi connectivity index (χ1) is 11.1. The van der Waals surface area contributed by atoms with E-state index in [0.29, 0.717) is 17.3 Å². The molecule has 1 amide bonds. The number of thiophene rings is 1. The van der Waals surface area contributed by atoms with Gasteiger partial charge in [0.2, 0.25) is 5.91 Å². The molecule has 0 spiro atoms. The molecule has 3 rings (SSSR count). The van der Waals surface area contributed by atoms with E-state index in [9.17, 15) is 14.4 Å². The normalized spacial score (nSPS) is 10.8. The number of H-pyrrole nitrogens is 1. The number of hydrogen-bond acceptors (Lipinski definition) is 4. The van der Waals surface area contributed by atoms with Crippen LogP contribution in [0.4, 0.5) is 0 Å². The number of benzene rings is 1. The summed E-state index contributed by atoms with van der Waals surface area (Å²) in [5, 5.41) is 7.01. The largest absolute Gasteiger partial charge is 0.340 e. The number of nitrogens with zero attached hydrogens (tertiary/aromatic N) is 2. The molecule has 0 aliphatic carbocycles. The van der Waals surface area contributed by atoms with Crippen LogP contribution in [-0.2, 0) is 17.9 Å². The quantitative estimate of drug-likeness (QED) is 0.786. The number of carbonyl (C=O) groups is 1. The number of likely N-dealkylation sites (N-methyl/N-ethyl adjacent to an activating group) is 1. The van der Waals surface area contributed by atoms with Crippen LogP contribution in [0.25, 0.3) is 10.8 Å². The Morgan fingerprint density at radius 1 is 1.22 bits per heavy atom. The molecule has 23 heavy (non-hydrogen) atoms. The Kier molecular flexibility index (Phi) is 4.12. The van der Waals surface area contributed by atoms with Crippen molar-refractivity contribution < 1.29 is 4.79 Å². The molecule has 0 fully saturated rings. The van der Waals surface area contributed by atoms with Crippen molar-refractivity contribution in [2.24, 2.45) is 0 Å². The van der Waals surface area contributed by atoms with Crippen molar-refractivity contribution >= 4 is 28.0 Å². The van der Waals surface area contributed by atoms with Gasteiger partial charge in [0.15, 0.2) is 0 Å². The number of fused-ring (bicyclic) bond motifs is 1. The predicted octanol–water partition coefficient (Wildman–Crippen LogP) is 1.41. The molecule has 6 nitrogen and oxygen atoms in total. The van der Waals surface area contributed by atoms with E-state index in [0.717, 1.165) is 10.2 Å². The molecular formula is C16H15N3O3S. The van der Waals surface area contributed by atoms with E-state index in [1.807, 2.05) is 16.8 Å². The molecule has 0 atom stereocenters. The zero-order valence-corrected chi connectivity index (χ0v) is 13.3. The van der Waals surface area contributed by atoms with Crippen LogP contribution in [-0.4, -0.2) is 27.6 Å². The fourth-order valence-electron chi connectivity index (χ4n) is 2.36. The molecule has 0 saturated carbocycles. The van der Waals surface area contributed by atoms with Crippen LogP contribution in [0.15, 0.2) is 50.7 Å². The molecule has 3 aromatic rings. The number of aromatic amines is 1. The second kappa shape index (κ2) is 6.21. The second-order valence-corrected chi connectivity index (χ2v) is 6.04. The summed E-state index contributed by atoms with van der Waals surface area (Å²) in [5.41, 5.74) is 0.274. The maximum Gasteiger partial charge on any atom is 0.273 e. The fraction of sp³-hybridized carbons (Fsp3) is 0.188. The van der Waals surface area contributed by atoms with Gasteiger partial charge in [-0.1, -0.05) is 12.1 Å². The Morgan fingerprint density at radius 3 is 2.65 bits per heavy atom. The third-order valence-electron chi connectivity index (χ3n) is 3.60. The molecule has 0 bridgehead atoms. The first-order valence-corrected chi connectivity index (χ1v) is 7.97. The molecule has 7 heteroatoms. The Balaban J connectivity index is 1.86. The molecule has 0 saturated heterocycles. The minimum atomic E-state index is -0.381. The molecule has 1 N–H and O–H groups in total.